The number of thioether (sulfide) groups is 1. The van der Waals surface area contributed by atoms with Crippen molar-refractivity contribution in [2.45, 2.75) is 23.2 Å². The molecule has 0 saturated heterocycles. The van der Waals surface area contributed by atoms with Gasteiger partial charge in [-0.3, -0.25) is 9.59 Å². The van der Waals surface area contributed by atoms with Gasteiger partial charge in [0.05, 0.1) is 5.25 Å². The van der Waals surface area contributed by atoms with E-state index in [0.717, 1.165) is 17.8 Å². The van der Waals surface area contributed by atoms with Crippen LogP contribution in [0.5, 0.6) is 0 Å². The lowest BCUT2D eigenvalue weighted by Gasteiger charge is -2.16. The number of carbonyl (C=O) groups excluding carboxylic acids is 2. The first-order valence-electron chi connectivity index (χ1n) is 8.95. The quantitative estimate of drug-likeness (QED) is 0.212. The molecule has 3 N–H and O–H groups in total. The molecule has 2 aromatic carbocycles. The maximum absolute atomic E-state index is 14.0. The Morgan fingerprint density at radius 1 is 0.912 bits per heavy atom. The first kappa shape index (κ1) is 26.7. The molecule has 0 saturated carbocycles. The standard InChI is InChI=1S/C20H13F7N2O4S/c1-8(34-10-4-2-9(3-5-10)28-11(30)6-7-12(31)32)19(33)29-18-16(23)14(21)13(20(25,26)27)15(22)17(18)24/h2-8H,1H3,(H,28,30)(H,29,33)(H,31,32)/b7-6+. The molecule has 0 bridgehead atoms. The molecule has 182 valence electrons. The summed E-state index contributed by atoms with van der Waals surface area (Å²) >= 11 is 0.811. The third kappa shape index (κ3) is 6.50. The molecule has 2 amide bonds. The van der Waals surface area contributed by atoms with Gasteiger partial charge in [-0.15, -0.1) is 11.8 Å². The van der Waals surface area contributed by atoms with E-state index in [-0.39, 0.29) is 5.69 Å². The zero-order chi connectivity index (χ0) is 25.8. The molecule has 0 fully saturated rings. The van der Waals surface area contributed by atoms with Crippen LogP contribution in [0.2, 0.25) is 0 Å². The first-order chi connectivity index (χ1) is 15.7. The minimum Gasteiger partial charge on any atom is -0.478 e. The van der Waals surface area contributed by atoms with Gasteiger partial charge in [-0.2, -0.15) is 13.2 Å². The van der Waals surface area contributed by atoms with E-state index in [4.69, 9.17) is 5.11 Å². The van der Waals surface area contributed by atoms with Crippen LogP contribution in [0, 0.1) is 23.3 Å². The number of anilines is 2. The van der Waals surface area contributed by atoms with E-state index in [2.05, 4.69) is 5.32 Å². The first-order valence-corrected chi connectivity index (χ1v) is 9.83. The second kappa shape index (κ2) is 10.6. The summed E-state index contributed by atoms with van der Waals surface area (Å²) < 4.78 is 93.2. The molecule has 1 atom stereocenters. The van der Waals surface area contributed by atoms with Crippen molar-refractivity contribution < 1.29 is 50.2 Å². The summed E-state index contributed by atoms with van der Waals surface area (Å²) in [7, 11) is 0. The fourth-order valence-electron chi connectivity index (χ4n) is 2.42. The summed E-state index contributed by atoms with van der Waals surface area (Å²) in [5, 5.41) is 11.2. The zero-order valence-electron chi connectivity index (χ0n) is 16.8. The fraction of sp³-hybridized carbons (Fsp3) is 0.150. The van der Waals surface area contributed by atoms with Gasteiger partial charge in [0.1, 0.15) is 11.3 Å². The van der Waals surface area contributed by atoms with Gasteiger partial charge in [0.15, 0.2) is 23.3 Å². The summed E-state index contributed by atoms with van der Waals surface area (Å²) in [6.07, 6.45) is -4.30. The lowest BCUT2D eigenvalue weighted by molar-refractivity contribution is -0.143. The summed E-state index contributed by atoms with van der Waals surface area (Å²) in [5.41, 5.74) is -4.19. The highest BCUT2D eigenvalue weighted by Crippen LogP contribution is 2.38. The molecule has 0 heterocycles. The number of rotatable bonds is 7. The molecule has 34 heavy (non-hydrogen) atoms. The smallest absolute Gasteiger partial charge is 0.422 e. The fourth-order valence-corrected chi connectivity index (χ4v) is 3.29. The number of hydrogen-bond donors (Lipinski definition) is 3. The minimum atomic E-state index is -5.71. The van der Waals surface area contributed by atoms with Crippen molar-refractivity contribution in [3.8, 4) is 0 Å². The number of carbonyl (C=O) groups is 3. The van der Waals surface area contributed by atoms with Gasteiger partial charge >= 0.3 is 12.1 Å². The van der Waals surface area contributed by atoms with Crippen LogP contribution < -0.4 is 10.6 Å². The van der Waals surface area contributed by atoms with E-state index >= 15 is 0 Å². The molecule has 2 aromatic rings. The molecule has 1 unspecified atom stereocenters. The Morgan fingerprint density at radius 3 is 1.91 bits per heavy atom. The number of aliphatic carboxylic acids is 1. The average Bonchev–Trinajstić information content (AvgIpc) is 2.74. The van der Waals surface area contributed by atoms with Crippen molar-refractivity contribution in [1.29, 1.82) is 0 Å². The topological polar surface area (TPSA) is 95.5 Å². The number of amides is 2. The zero-order valence-corrected chi connectivity index (χ0v) is 17.6. The van der Waals surface area contributed by atoms with Crippen LogP contribution in [-0.4, -0.2) is 28.1 Å². The van der Waals surface area contributed by atoms with E-state index in [9.17, 15) is 45.1 Å². The van der Waals surface area contributed by atoms with Crippen molar-refractivity contribution in [3.63, 3.8) is 0 Å². The predicted molar refractivity (Wildman–Crippen MR) is 107 cm³/mol. The number of nitrogens with one attached hydrogen (secondary N) is 2. The SMILES string of the molecule is CC(Sc1ccc(NC(=O)/C=C/C(=O)O)cc1)C(=O)Nc1c(F)c(F)c(C(F)(F)F)c(F)c1F. The normalized spacial score (nSPS) is 12.5. The minimum absolute atomic E-state index is 0.265. The van der Waals surface area contributed by atoms with Crippen LogP contribution in [0.15, 0.2) is 41.3 Å². The van der Waals surface area contributed by atoms with Gasteiger partial charge in [0.2, 0.25) is 11.8 Å². The Kier molecular flexibility index (Phi) is 8.31. The number of alkyl halides is 3. The molecule has 2 rings (SSSR count). The van der Waals surface area contributed by atoms with E-state index in [1.807, 2.05) is 0 Å². The lowest BCUT2D eigenvalue weighted by Crippen LogP contribution is -2.25. The second-order valence-corrected chi connectivity index (χ2v) is 7.85. The monoisotopic (exact) mass is 510 g/mol. The molecule has 0 spiro atoms. The number of halogens is 7. The highest BCUT2D eigenvalue weighted by Gasteiger charge is 2.42. The van der Waals surface area contributed by atoms with Crippen LogP contribution in [0.4, 0.5) is 42.1 Å². The van der Waals surface area contributed by atoms with Crippen molar-refractivity contribution >= 4 is 40.9 Å². The molecular formula is C20H13F7N2O4S. The number of hydrogen-bond acceptors (Lipinski definition) is 4. The summed E-state index contributed by atoms with van der Waals surface area (Å²) in [5.74, 6) is -13.4. The molecule has 0 aliphatic rings. The van der Waals surface area contributed by atoms with E-state index < -0.39 is 63.7 Å². The Bertz CT molecular complexity index is 1120. The summed E-state index contributed by atoms with van der Waals surface area (Å²) in [4.78, 5) is 34.5. The van der Waals surface area contributed by atoms with E-state index in [1.165, 1.54) is 31.2 Å². The van der Waals surface area contributed by atoms with Crippen molar-refractivity contribution in [3.05, 3.63) is 65.2 Å². The van der Waals surface area contributed by atoms with Crippen LogP contribution in [0.1, 0.15) is 12.5 Å². The van der Waals surface area contributed by atoms with Crippen molar-refractivity contribution in [1.82, 2.24) is 0 Å². The number of benzene rings is 2. The highest BCUT2D eigenvalue weighted by atomic mass is 32.2. The molecular weight excluding hydrogens is 497 g/mol. The highest BCUT2D eigenvalue weighted by molar-refractivity contribution is 8.00. The summed E-state index contributed by atoms with van der Waals surface area (Å²) in [6, 6.07) is 5.62. The van der Waals surface area contributed by atoms with Crippen LogP contribution in [0.25, 0.3) is 0 Å². The van der Waals surface area contributed by atoms with Gasteiger partial charge in [-0.05, 0) is 31.2 Å². The summed E-state index contributed by atoms with van der Waals surface area (Å²) in [6.45, 7) is 1.25. The maximum Gasteiger partial charge on any atom is 0.422 e. The Balaban J connectivity index is 2.11. The van der Waals surface area contributed by atoms with Crippen LogP contribution in [-0.2, 0) is 20.6 Å². The Hall–Kier alpha value is -3.55. The van der Waals surface area contributed by atoms with Crippen LogP contribution >= 0.6 is 11.8 Å². The van der Waals surface area contributed by atoms with Crippen molar-refractivity contribution in [2.75, 3.05) is 10.6 Å². The Morgan fingerprint density at radius 2 is 1.44 bits per heavy atom. The average molecular weight is 510 g/mol. The molecule has 0 aliphatic heterocycles. The lowest BCUT2D eigenvalue weighted by atomic mass is 10.1. The van der Waals surface area contributed by atoms with Gasteiger partial charge in [0, 0.05) is 22.7 Å². The van der Waals surface area contributed by atoms with Crippen LogP contribution in [0.3, 0.4) is 0 Å². The Labute approximate surface area is 190 Å². The third-order valence-corrected chi connectivity index (χ3v) is 5.09. The van der Waals surface area contributed by atoms with E-state index in [1.54, 1.807) is 5.32 Å². The third-order valence-electron chi connectivity index (χ3n) is 3.98. The molecule has 0 radical (unpaired) electrons. The van der Waals surface area contributed by atoms with Crippen molar-refractivity contribution in [2.24, 2.45) is 0 Å². The largest absolute Gasteiger partial charge is 0.478 e. The number of carboxylic acid groups (broad SMARTS) is 1. The molecule has 6 nitrogen and oxygen atoms in total. The van der Waals surface area contributed by atoms with Gasteiger partial charge in [-0.1, -0.05) is 0 Å². The van der Waals surface area contributed by atoms with Gasteiger partial charge in [0.25, 0.3) is 0 Å². The molecule has 14 heteroatoms. The second-order valence-electron chi connectivity index (χ2n) is 6.44. The van der Waals surface area contributed by atoms with Gasteiger partial charge < -0.3 is 15.7 Å². The number of carboxylic acids is 1. The maximum atomic E-state index is 14.0. The molecule has 0 aliphatic carbocycles. The van der Waals surface area contributed by atoms with Gasteiger partial charge in [-0.25, -0.2) is 22.4 Å². The van der Waals surface area contributed by atoms with E-state index in [0.29, 0.717) is 11.0 Å². The predicted octanol–water partition coefficient (Wildman–Crippen LogP) is 4.96. The molecule has 0 aromatic heterocycles.